The van der Waals surface area contributed by atoms with Crippen LogP contribution < -0.4 is 10.6 Å². The smallest absolute Gasteiger partial charge is 0.220 e. The van der Waals surface area contributed by atoms with Gasteiger partial charge in [0.05, 0.1) is 23.6 Å². The van der Waals surface area contributed by atoms with Crippen LogP contribution >= 0.6 is 0 Å². The summed E-state index contributed by atoms with van der Waals surface area (Å²) in [6.45, 7) is 8.19. The molecule has 0 aliphatic carbocycles. The number of hydrogen-bond donors (Lipinski definition) is 1. The lowest BCUT2D eigenvalue weighted by molar-refractivity contribution is -0.133. The Balaban J connectivity index is 1.44. The Kier molecular flexibility index (Phi) is 6.42. The highest BCUT2D eigenvalue weighted by Crippen LogP contribution is 2.37. The summed E-state index contributed by atoms with van der Waals surface area (Å²) in [4.78, 5) is 20.4. The highest BCUT2D eigenvalue weighted by molar-refractivity contribution is 5.91. The maximum atomic E-state index is 15.1. The van der Waals surface area contributed by atoms with Crippen molar-refractivity contribution in [3.63, 3.8) is 0 Å². The first-order chi connectivity index (χ1) is 18.8. The number of benzene rings is 1. The van der Waals surface area contributed by atoms with Crippen molar-refractivity contribution in [2.24, 2.45) is 0 Å². The highest BCUT2D eigenvalue weighted by Gasteiger charge is 2.32. The molecule has 0 bridgehead atoms. The van der Waals surface area contributed by atoms with E-state index in [0.29, 0.717) is 48.9 Å². The van der Waals surface area contributed by atoms with Gasteiger partial charge in [-0.25, -0.2) is 18.6 Å². The van der Waals surface area contributed by atoms with Crippen molar-refractivity contribution >= 4 is 22.9 Å². The van der Waals surface area contributed by atoms with Crippen molar-refractivity contribution in [1.82, 2.24) is 34.5 Å². The number of carbonyl (C=O) groups is 1. The lowest BCUT2D eigenvalue weighted by Crippen LogP contribution is -2.58. The Morgan fingerprint density at radius 1 is 1.08 bits per heavy atom. The summed E-state index contributed by atoms with van der Waals surface area (Å²) in [7, 11) is 0. The van der Waals surface area contributed by atoms with Gasteiger partial charge in [0.15, 0.2) is 5.82 Å². The number of halogens is 1. The fraction of sp³-hybridized carbons (Fsp3) is 0.444. The molecule has 2 aliphatic rings. The number of anilines is 2. The first-order valence-electron chi connectivity index (χ1n) is 13.3. The first-order valence-corrected chi connectivity index (χ1v) is 13.3. The minimum atomic E-state index is -0.357. The predicted molar refractivity (Wildman–Crippen MR) is 145 cm³/mol. The van der Waals surface area contributed by atoms with Gasteiger partial charge >= 0.3 is 0 Å². The number of nitrogens with two attached hydrogens (primary N) is 1. The van der Waals surface area contributed by atoms with Gasteiger partial charge in [0.1, 0.15) is 17.7 Å². The molecule has 1 amide bonds. The Bertz CT molecular complexity index is 1510. The predicted octanol–water partition coefficient (Wildman–Crippen LogP) is 3.17. The molecule has 2 saturated heterocycles. The number of ether oxygens (including phenoxy) is 1. The molecule has 2 fully saturated rings. The van der Waals surface area contributed by atoms with Crippen LogP contribution in [0.25, 0.3) is 28.0 Å². The minimum Gasteiger partial charge on any atom is -0.382 e. The van der Waals surface area contributed by atoms with Crippen molar-refractivity contribution in [3.05, 3.63) is 42.6 Å². The zero-order valence-electron chi connectivity index (χ0n) is 22.3. The van der Waals surface area contributed by atoms with Gasteiger partial charge in [0.2, 0.25) is 5.91 Å². The average molecular weight is 534 g/mol. The van der Waals surface area contributed by atoms with Crippen LogP contribution in [0.5, 0.6) is 0 Å². The third-order valence-corrected chi connectivity index (χ3v) is 7.80. The molecule has 1 aromatic carbocycles. The molecule has 204 valence electrons. The molecule has 6 rings (SSSR count). The van der Waals surface area contributed by atoms with Gasteiger partial charge in [-0.15, -0.1) is 5.10 Å². The number of nitrogen functional groups attached to an aromatic ring is 1. The van der Waals surface area contributed by atoms with Crippen LogP contribution in [0.15, 0.2) is 36.8 Å². The van der Waals surface area contributed by atoms with E-state index in [2.05, 4.69) is 25.3 Å². The summed E-state index contributed by atoms with van der Waals surface area (Å²) in [5.41, 5.74) is 10.7. The second-order valence-corrected chi connectivity index (χ2v) is 10.5. The molecule has 0 radical (unpaired) electrons. The normalized spacial score (nSPS) is 20.6. The molecule has 12 heteroatoms. The highest BCUT2D eigenvalue weighted by atomic mass is 19.1. The van der Waals surface area contributed by atoms with E-state index in [-0.39, 0.29) is 29.8 Å². The number of piperazine rings is 1. The first kappa shape index (κ1) is 25.2. The van der Waals surface area contributed by atoms with Crippen LogP contribution in [0.3, 0.4) is 0 Å². The van der Waals surface area contributed by atoms with Gasteiger partial charge in [-0.1, -0.05) is 5.21 Å². The number of rotatable bonds is 4. The van der Waals surface area contributed by atoms with Crippen molar-refractivity contribution < 1.29 is 13.9 Å². The molecular weight excluding hydrogens is 501 g/mol. The molecular formula is C27H32FN9O2. The molecule has 5 heterocycles. The molecule has 2 N–H and O–H groups in total. The summed E-state index contributed by atoms with van der Waals surface area (Å²) < 4.78 is 24.3. The molecule has 0 saturated carbocycles. The summed E-state index contributed by atoms with van der Waals surface area (Å²) in [5.74, 6) is 0.00313. The number of aromatic nitrogens is 6. The Labute approximate surface area is 225 Å². The van der Waals surface area contributed by atoms with Crippen LogP contribution in [0.1, 0.15) is 39.7 Å². The van der Waals surface area contributed by atoms with Crippen LogP contribution in [0.4, 0.5) is 15.9 Å². The fourth-order valence-electron chi connectivity index (χ4n) is 6.16. The van der Waals surface area contributed by atoms with E-state index in [1.54, 1.807) is 17.6 Å². The van der Waals surface area contributed by atoms with Crippen molar-refractivity contribution in [2.45, 2.75) is 51.7 Å². The number of fused-ring (bicyclic) bond motifs is 1. The van der Waals surface area contributed by atoms with Crippen molar-refractivity contribution in [2.75, 3.05) is 36.9 Å². The third-order valence-electron chi connectivity index (χ3n) is 7.80. The van der Waals surface area contributed by atoms with Crippen molar-refractivity contribution in [1.29, 1.82) is 0 Å². The zero-order chi connectivity index (χ0) is 27.3. The van der Waals surface area contributed by atoms with Crippen molar-refractivity contribution in [3.8, 4) is 22.5 Å². The number of hydrogen-bond acceptors (Lipinski definition) is 8. The second kappa shape index (κ2) is 9.92. The summed E-state index contributed by atoms with van der Waals surface area (Å²) in [6.07, 6.45) is 4.79. The standard InChI is InChI=1S/C27H32FN9O2/c1-16-13-34(14-17(2)35(16)18(3)38)22-9-19(8-20(28)10-22)24-11-23(26-27(29)30-15-32-37(24)26)25-12-31-33-36(25)21-4-6-39-7-5-21/h8-12,15-17,21H,4-7,13-14H2,1-3H3,(H2,29,30,32). The molecule has 11 nitrogen and oxygen atoms in total. The Hall–Kier alpha value is -4.06. The fourth-order valence-corrected chi connectivity index (χ4v) is 6.16. The molecule has 2 aliphatic heterocycles. The maximum Gasteiger partial charge on any atom is 0.220 e. The lowest BCUT2D eigenvalue weighted by atomic mass is 10.0. The molecule has 2 unspecified atom stereocenters. The maximum absolute atomic E-state index is 15.1. The summed E-state index contributed by atoms with van der Waals surface area (Å²) in [6, 6.07) is 7.11. The van der Waals surface area contributed by atoms with E-state index in [1.807, 2.05) is 35.6 Å². The van der Waals surface area contributed by atoms with Crippen LogP contribution in [-0.2, 0) is 9.53 Å². The molecule has 0 spiro atoms. The van der Waals surface area contributed by atoms with E-state index < -0.39 is 0 Å². The quantitative estimate of drug-likeness (QED) is 0.425. The van der Waals surface area contributed by atoms with Gasteiger partial charge in [0, 0.05) is 62.1 Å². The Morgan fingerprint density at radius 3 is 2.54 bits per heavy atom. The SMILES string of the molecule is CC(=O)N1C(C)CN(c2cc(F)cc(-c3cc(-c4cnnn4C4CCOCC4)c4c(N)ncnn34)c2)CC1C. The molecule has 3 aromatic heterocycles. The minimum absolute atomic E-state index is 0.00390. The average Bonchev–Trinajstić information content (AvgIpc) is 3.54. The summed E-state index contributed by atoms with van der Waals surface area (Å²) in [5, 5.41) is 13.1. The topological polar surface area (TPSA) is 120 Å². The third kappa shape index (κ3) is 4.48. The zero-order valence-corrected chi connectivity index (χ0v) is 22.3. The van der Waals surface area contributed by atoms with Crippen LogP contribution in [-0.4, -0.2) is 78.8 Å². The molecule has 4 aromatic rings. The van der Waals surface area contributed by atoms with Gasteiger partial charge in [-0.3, -0.25) is 4.79 Å². The van der Waals surface area contributed by atoms with Gasteiger partial charge in [-0.05, 0) is 51.0 Å². The molecule has 2 atom stereocenters. The number of amides is 1. The number of nitrogens with zero attached hydrogens (tertiary/aromatic N) is 8. The molecule has 39 heavy (non-hydrogen) atoms. The monoisotopic (exact) mass is 533 g/mol. The van der Waals surface area contributed by atoms with Gasteiger partial charge < -0.3 is 20.3 Å². The summed E-state index contributed by atoms with van der Waals surface area (Å²) >= 11 is 0. The van der Waals surface area contributed by atoms with E-state index in [4.69, 9.17) is 10.5 Å². The lowest BCUT2D eigenvalue weighted by Gasteiger charge is -2.45. The number of carbonyl (C=O) groups excluding carboxylic acids is 1. The van der Waals surface area contributed by atoms with E-state index in [1.165, 1.54) is 18.5 Å². The van der Waals surface area contributed by atoms with Gasteiger partial charge in [-0.2, -0.15) is 5.10 Å². The van der Waals surface area contributed by atoms with Crippen LogP contribution in [0.2, 0.25) is 0 Å². The largest absolute Gasteiger partial charge is 0.382 e. The van der Waals surface area contributed by atoms with E-state index >= 15 is 4.39 Å². The van der Waals surface area contributed by atoms with E-state index in [9.17, 15) is 4.79 Å². The van der Waals surface area contributed by atoms with E-state index in [0.717, 1.165) is 29.8 Å². The second-order valence-electron chi connectivity index (χ2n) is 10.5. The van der Waals surface area contributed by atoms with Crippen LogP contribution in [0, 0.1) is 5.82 Å². The van der Waals surface area contributed by atoms with Gasteiger partial charge in [0.25, 0.3) is 0 Å². The Morgan fingerprint density at radius 2 is 1.82 bits per heavy atom.